The number of carbonyl (C=O) groups excluding carboxylic acids is 1. The molecule has 0 amide bonds. The smallest absolute Gasteiger partial charge is 0.134 e. The van der Waals surface area contributed by atoms with E-state index in [-0.39, 0.29) is 5.41 Å². The summed E-state index contributed by atoms with van der Waals surface area (Å²) in [6, 6.07) is 0. The summed E-state index contributed by atoms with van der Waals surface area (Å²) in [4.78, 5) is 11.3. The lowest BCUT2D eigenvalue weighted by Gasteiger charge is -2.15. The van der Waals surface area contributed by atoms with Gasteiger partial charge in [0.05, 0.1) is 0 Å². The number of ketones is 1. The molecule has 0 aromatic carbocycles. The Balaban J connectivity index is 3.78. The molecule has 12 heavy (non-hydrogen) atoms. The Bertz CT molecular complexity index is 184. The minimum Gasteiger partial charge on any atom is -0.300 e. The first kappa shape index (κ1) is 11.2. The van der Waals surface area contributed by atoms with Crippen LogP contribution in [0.2, 0.25) is 0 Å². The Labute approximate surface area is 75.5 Å². The molecule has 0 spiro atoms. The van der Waals surface area contributed by atoms with E-state index in [0.717, 1.165) is 12.8 Å². The van der Waals surface area contributed by atoms with Gasteiger partial charge in [-0.2, -0.15) is 0 Å². The van der Waals surface area contributed by atoms with E-state index in [1.807, 2.05) is 13.8 Å². The maximum Gasteiger partial charge on any atom is 0.134 e. The molecule has 1 nitrogen and oxygen atoms in total. The van der Waals surface area contributed by atoms with Crippen LogP contribution >= 0.6 is 0 Å². The molecule has 0 atom stereocenters. The fourth-order valence-electron chi connectivity index (χ4n) is 1.01. The van der Waals surface area contributed by atoms with Crippen LogP contribution in [0.15, 0.2) is 0 Å². The van der Waals surface area contributed by atoms with E-state index < -0.39 is 0 Å². The van der Waals surface area contributed by atoms with Crippen LogP contribution in [0.25, 0.3) is 0 Å². The third-order valence-electron chi connectivity index (χ3n) is 1.84. The molecule has 0 heterocycles. The lowest BCUT2D eigenvalue weighted by Crippen LogP contribution is -2.14. The van der Waals surface area contributed by atoms with Crippen molar-refractivity contribution in [2.75, 3.05) is 0 Å². The van der Waals surface area contributed by atoms with Crippen molar-refractivity contribution in [3.63, 3.8) is 0 Å². The van der Waals surface area contributed by atoms with E-state index in [4.69, 9.17) is 6.42 Å². The van der Waals surface area contributed by atoms with Gasteiger partial charge in [-0.3, -0.25) is 4.79 Å². The first-order chi connectivity index (χ1) is 5.52. The molecule has 0 radical (unpaired) electrons. The molecule has 0 rings (SSSR count). The molecule has 0 aliphatic heterocycles. The molecule has 0 bridgehead atoms. The molecule has 0 aromatic heterocycles. The van der Waals surface area contributed by atoms with Crippen molar-refractivity contribution < 1.29 is 4.79 Å². The molecule has 0 aromatic rings. The van der Waals surface area contributed by atoms with Crippen LogP contribution in [0.3, 0.4) is 0 Å². The summed E-state index contributed by atoms with van der Waals surface area (Å²) in [6.45, 7) is 5.94. The van der Waals surface area contributed by atoms with Gasteiger partial charge in [-0.15, -0.1) is 12.3 Å². The van der Waals surface area contributed by atoms with E-state index in [1.165, 1.54) is 0 Å². The van der Waals surface area contributed by atoms with Gasteiger partial charge in [-0.05, 0) is 20.3 Å². The second-order valence-electron chi connectivity index (χ2n) is 3.85. The van der Waals surface area contributed by atoms with Crippen molar-refractivity contribution in [1.29, 1.82) is 0 Å². The Morgan fingerprint density at radius 3 is 2.50 bits per heavy atom. The highest BCUT2D eigenvalue weighted by Crippen LogP contribution is 2.20. The second-order valence-corrected chi connectivity index (χ2v) is 3.85. The largest absolute Gasteiger partial charge is 0.300 e. The zero-order valence-corrected chi connectivity index (χ0v) is 8.31. The fraction of sp³-hybridized carbons (Fsp3) is 0.727. The predicted molar refractivity (Wildman–Crippen MR) is 51.8 cm³/mol. The van der Waals surface area contributed by atoms with Crippen LogP contribution in [-0.2, 0) is 4.79 Å². The average molecular weight is 166 g/mol. The van der Waals surface area contributed by atoms with E-state index in [9.17, 15) is 4.79 Å². The van der Waals surface area contributed by atoms with Gasteiger partial charge in [0.1, 0.15) is 5.78 Å². The van der Waals surface area contributed by atoms with E-state index in [2.05, 4.69) is 12.8 Å². The van der Waals surface area contributed by atoms with Gasteiger partial charge in [-0.1, -0.05) is 13.3 Å². The zero-order chi connectivity index (χ0) is 9.61. The van der Waals surface area contributed by atoms with Gasteiger partial charge in [0.2, 0.25) is 0 Å². The molecule has 0 saturated carbocycles. The third-order valence-corrected chi connectivity index (χ3v) is 1.84. The Hall–Kier alpha value is -0.770. The quantitative estimate of drug-likeness (QED) is 0.574. The lowest BCUT2D eigenvalue weighted by atomic mass is 9.87. The Kier molecular flexibility index (Phi) is 4.66. The Morgan fingerprint density at radius 1 is 1.50 bits per heavy atom. The third kappa shape index (κ3) is 4.96. The highest BCUT2D eigenvalue weighted by atomic mass is 16.1. The number of hydrogen-bond acceptors (Lipinski definition) is 1. The number of unbranched alkanes of at least 4 members (excludes halogenated alkanes) is 1. The molecule has 0 aliphatic carbocycles. The fourth-order valence-corrected chi connectivity index (χ4v) is 1.01. The van der Waals surface area contributed by atoms with E-state index >= 15 is 0 Å². The minimum atomic E-state index is -0.259. The van der Waals surface area contributed by atoms with E-state index in [1.54, 1.807) is 0 Å². The van der Waals surface area contributed by atoms with Crippen molar-refractivity contribution in [2.45, 2.75) is 46.5 Å². The van der Waals surface area contributed by atoms with Gasteiger partial charge < -0.3 is 0 Å². The van der Waals surface area contributed by atoms with Crippen molar-refractivity contribution in [3.05, 3.63) is 0 Å². The normalized spacial score (nSPS) is 10.8. The lowest BCUT2D eigenvalue weighted by molar-refractivity contribution is -0.120. The maximum absolute atomic E-state index is 11.3. The molecule has 0 saturated heterocycles. The molecule has 1 heteroatoms. The first-order valence-electron chi connectivity index (χ1n) is 4.51. The van der Waals surface area contributed by atoms with Crippen LogP contribution in [-0.4, -0.2) is 5.78 Å². The van der Waals surface area contributed by atoms with Crippen molar-refractivity contribution in [1.82, 2.24) is 0 Å². The van der Waals surface area contributed by atoms with E-state index in [0.29, 0.717) is 18.6 Å². The number of Topliss-reactive ketones (excluding diaryl/α,β-unsaturated/α-hetero) is 1. The van der Waals surface area contributed by atoms with Crippen LogP contribution in [0.1, 0.15) is 46.5 Å². The summed E-state index contributed by atoms with van der Waals surface area (Å²) in [5.74, 6) is 2.92. The van der Waals surface area contributed by atoms with Crippen LogP contribution in [0.5, 0.6) is 0 Å². The van der Waals surface area contributed by atoms with Gasteiger partial charge in [0, 0.05) is 18.3 Å². The SMILES string of the molecule is C#CC(C)(C)CC(=O)CCCC. The van der Waals surface area contributed by atoms with Gasteiger partial charge >= 0.3 is 0 Å². The summed E-state index contributed by atoms with van der Waals surface area (Å²) in [5.41, 5.74) is -0.259. The standard InChI is InChI=1S/C11H18O/c1-5-7-8-10(12)9-11(3,4)6-2/h2H,5,7-9H2,1,3-4H3. The maximum atomic E-state index is 11.3. The number of terminal acetylenes is 1. The highest BCUT2D eigenvalue weighted by molar-refractivity contribution is 5.79. The predicted octanol–water partition coefficient (Wildman–Crippen LogP) is 2.80. The Morgan fingerprint density at radius 2 is 2.08 bits per heavy atom. The van der Waals surface area contributed by atoms with Gasteiger partial charge in [0.15, 0.2) is 0 Å². The van der Waals surface area contributed by atoms with Crippen molar-refractivity contribution in [2.24, 2.45) is 5.41 Å². The molecule has 0 aliphatic rings. The summed E-state index contributed by atoms with van der Waals surface area (Å²) in [5, 5.41) is 0. The summed E-state index contributed by atoms with van der Waals surface area (Å²) in [6.07, 6.45) is 8.54. The molecular formula is C11H18O. The summed E-state index contributed by atoms with van der Waals surface area (Å²) >= 11 is 0. The van der Waals surface area contributed by atoms with Crippen LogP contribution < -0.4 is 0 Å². The van der Waals surface area contributed by atoms with Crippen molar-refractivity contribution in [3.8, 4) is 12.3 Å². The number of carbonyl (C=O) groups is 1. The van der Waals surface area contributed by atoms with Crippen LogP contribution in [0.4, 0.5) is 0 Å². The summed E-state index contributed by atoms with van der Waals surface area (Å²) < 4.78 is 0. The monoisotopic (exact) mass is 166 g/mol. The molecule has 0 unspecified atom stereocenters. The average Bonchev–Trinajstić information content (AvgIpc) is 2.00. The highest BCUT2D eigenvalue weighted by Gasteiger charge is 2.17. The number of rotatable bonds is 5. The zero-order valence-electron chi connectivity index (χ0n) is 8.31. The topological polar surface area (TPSA) is 17.1 Å². The van der Waals surface area contributed by atoms with Gasteiger partial charge in [0.25, 0.3) is 0 Å². The molecular weight excluding hydrogens is 148 g/mol. The molecule has 68 valence electrons. The van der Waals surface area contributed by atoms with Crippen molar-refractivity contribution >= 4 is 5.78 Å². The number of hydrogen-bond donors (Lipinski definition) is 0. The van der Waals surface area contributed by atoms with Crippen LogP contribution in [0, 0.1) is 17.8 Å². The second kappa shape index (κ2) is 4.98. The molecule has 0 fully saturated rings. The first-order valence-corrected chi connectivity index (χ1v) is 4.51. The minimum absolute atomic E-state index is 0.259. The molecule has 0 N–H and O–H groups in total. The van der Waals surface area contributed by atoms with Gasteiger partial charge in [-0.25, -0.2) is 0 Å². The summed E-state index contributed by atoms with van der Waals surface area (Å²) in [7, 11) is 0.